The van der Waals surface area contributed by atoms with E-state index < -0.39 is 11.8 Å². The molecule has 8 nitrogen and oxygen atoms in total. The number of halogens is 1. The molecule has 2 aromatic carbocycles. The Morgan fingerprint density at radius 1 is 1.06 bits per heavy atom. The molecule has 178 valence electrons. The lowest BCUT2D eigenvalue weighted by molar-refractivity contribution is -0.136. The Kier molecular flexibility index (Phi) is 7.37. The van der Waals surface area contributed by atoms with E-state index in [1.54, 1.807) is 6.07 Å². The van der Waals surface area contributed by atoms with E-state index in [0.717, 1.165) is 44.7 Å². The molecule has 2 N–H and O–H groups in total. The molecule has 2 amide bonds. The quantitative estimate of drug-likeness (QED) is 0.638. The molecule has 2 heterocycles. The fourth-order valence-electron chi connectivity index (χ4n) is 4.55. The van der Waals surface area contributed by atoms with Gasteiger partial charge in [-0.15, -0.1) is 0 Å². The van der Waals surface area contributed by atoms with Crippen LogP contribution in [0.3, 0.4) is 0 Å². The fourth-order valence-corrected chi connectivity index (χ4v) is 4.72. The molecule has 0 spiro atoms. The molecule has 2 aliphatic heterocycles. The summed E-state index contributed by atoms with van der Waals surface area (Å²) >= 11 is 5.98. The fraction of sp³-hybridized carbons (Fsp3) is 0.400. The summed E-state index contributed by atoms with van der Waals surface area (Å²) in [6.45, 7) is 4.98. The number of amides is 2. The normalized spacial score (nSPS) is 17.1. The van der Waals surface area contributed by atoms with Gasteiger partial charge in [0.05, 0.1) is 17.3 Å². The molecule has 9 heteroatoms. The molecule has 34 heavy (non-hydrogen) atoms. The molecule has 0 radical (unpaired) electrons. The van der Waals surface area contributed by atoms with E-state index in [0.29, 0.717) is 11.6 Å². The highest BCUT2D eigenvalue weighted by atomic mass is 35.5. The third kappa shape index (κ3) is 5.33. The predicted octanol–water partition coefficient (Wildman–Crippen LogP) is 2.25. The lowest BCUT2D eigenvalue weighted by Crippen LogP contribution is -2.49. The smallest absolute Gasteiger partial charge is 0.313 e. The number of hydrogen-bond acceptors (Lipinski definition) is 6. The second kappa shape index (κ2) is 10.4. The van der Waals surface area contributed by atoms with Crippen molar-refractivity contribution in [1.29, 1.82) is 5.26 Å². The van der Waals surface area contributed by atoms with Crippen molar-refractivity contribution in [3.05, 3.63) is 58.1 Å². The summed E-state index contributed by atoms with van der Waals surface area (Å²) in [6, 6.07) is 13.0. The maximum atomic E-state index is 12.7. The second-order valence-corrected chi connectivity index (χ2v) is 9.32. The van der Waals surface area contributed by atoms with Gasteiger partial charge in [0.1, 0.15) is 6.07 Å². The topological polar surface area (TPSA) is 91.7 Å². The average molecular weight is 481 g/mol. The summed E-state index contributed by atoms with van der Waals surface area (Å²) in [5.41, 5.74) is 4.16. The van der Waals surface area contributed by atoms with Crippen molar-refractivity contribution in [1.82, 2.24) is 15.1 Å². The van der Waals surface area contributed by atoms with Gasteiger partial charge in [0, 0.05) is 57.0 Å². The van der Waals surface area contributed by atoms with Crippen LogP contribution >= 0.6 is 11.6 Å². The first-order valence-electron chi connectivity index (χ1n) is 11.4. The van der Waals surface area contributed by atoms with Crippen molar-refractivity contribution in [2.45, 2.75) is 12.5 Å². The van der Waals surface area contributed by atoms with Crippen molar-refractivity contribution in [3.8, 4) is 6.07 Å². The van der Waals surface area contributed by atoms with Crippen LogP contribution in [0, 0.1) is 11.3 Å². The van der Waals surface area contributed by atoms with E-state index in [9.17, 15) is 14.9 Å². The van der Waals surface area contributed by atoms with Crippen LogP contribution in [0.1, 0.15) is 22.7 Å². The number of anilines is 2. The summed E-state index contributed by atoms with van der Waals surface area (Å²) in [5.74, 6) is -1.57. The van der Waals surface area contributed by atoms with Gasteiger partial charge in [-0.1, -0.05) is 23.7 Å². The first-order valence-corrected chi connectivity index (χ1v) is 11.8. The molecule has 0 bridgehead atoms. The Morgan fingerprint density at radius 2 is 1.82 bits per heavy atom. The maximum absolute atomic E-state index is 12.7. The number of rotatable bonds is 5. The van der Waals surface area contributed by atoms with Gasteiger partial charge in [0.25, 0.3) is 0 Å². The van der Waals surface area contributed by atoms with Crippen molar-refractivity contribution in [2.75, 3.05) is 63.6 Å². The number of nitrogens with one attached hydrogen (secondary N) is 2. The van der Waals surface area contributed by atoms with Crippen molar-refractivity contribution >= 4 is 34.8 Å². The van der Waals surface area contributed by atoms with Crippen LogP contribution in [0.4, 0.5) is 11.4 Å². The largest absolute Gasteiger partial charge is 0.374 e. The molecule has 0 unspecified atom stereocenters. The summed E-state index contributed by atoms with van der Waals surface area (Å²) in [7, 11) is 4.20. The number of nitriles is 1. The Balaban J connectivity index is 1.47. The lowest BCUT2D eigenvalue weighted by Gasteiger charge is -2.38. The molecular formula is C25H29ClN6O2. The van der Waals surface area contributed by atoms with Gasteiger partial charge in [0.15, 0.2) is 0 Å². The molecule has 0 aromatic heterocycles. The van der Waals surface area contributed by atoms with Crippen LogP contribution in [0.15, 0.2) is 36.4 Å². The van der Waals surface area contributed by atoms with Gasteiger partial charge in [-0.25, -0.2) is 0 Å². The molecular weight excluding hydrogens is 452 g/mol. The highest BCUT2D eigenvalue weighted by Crippen LogP contribution is 2.31. The van der Waals surface area contributed by atoms with Gasteiger partial charge < -0.3 is 20.4 Å². The zero-order valence-electron chi connectivity index (χ0n) is 19.5. The SMILES string of the molecule is CN1CCN([C@H](CNC(=O)C(=O)Nc2cc(Cl)ccc2C#N)c2ccc3c(c2)CCN3C)CC1. The summed E-state index contributed by atoms with van der Waals surface area (Å²) < 4.78 is 0. The Bertz CT molecular complexity index is 1120. The lowest BCUT2D eigenvalue weighted by atomic mass is 10.00. The van der Waals surface area contributed by atoms with Crippen LogP contribution in [-0.2, 0) is 16.0 Å². The number of piperazine rings is 1. The molecule has 1 atom stereocenters. The van der Waals surface area contributed by atoms with Crippen molar-refractivity contribution in [2.24, 2.45) is 0 Å². The van der Waals surface area contributed by atoms with Gasteiger partial charge >= 0.3 is 11.8 Å². The van der Waals surface area contributed by atoms with Crippen LogP contribution in [0.5, 0.6) is 0 Å². The molecule has 1 saturated heterocycles. The van der Waals surface area contributed by atoms with Crippen LogP contribution < -0.4 is 15.5 Å². The first-order chi connectivity index (χ1) is 16.4. The molecule has 1 fully saturated rings. The standard InChI is InChI=1S/C25H29ClN6O2/c1-30-9-11-32(12-10-30)23(17-4-6-22-18(13-17)7-8-31(22)2)16-28-24(33)25(34)29-21-14-20(26)5-3-19(21)15-27/h3-6,13-14,23H,7-12,16H2,1-2H3,(H,28,33)(H,29,34)/t23-/m1/s1. The molecule has 2 aliphatic rings. The van der Waals surface area contributed by atoms with Crippen molar-refractivity contribution in [3.63, 3.8) is 0 Å². The van der Waals surface area contributed by atoms with Crippen LogP contribution in [0.25, 0.3) is 0 Å². The number of hydrogen-bond donors (Lipinski definition) is 2. The number of benzene rings is 2. The maximum Gasteiger partial charge on any atom is 0.313 e. The second-order valence-electron chi connectivity index (χ2n) is 8.88. The first kappa shape index (κ1) is 24.0. The van der Waals surface area contributed by atoms with E-state index in [2.05, 4.69) is 57.6 Å². The highest BCUT2D eigenvalue weighted by Gasteiger charge is 2.27. The summed E-state index contributed by atoms with van der Waals surface area (Å²) in [5, 5.41) is 14.9. The number of nitrogens with zero attached hydrogens (tertiary/aromatic N) is 4. The molecule has 4 rings (SSSR count). The molecule has 0 saturated carbocycles. The van der Waals surface area contributed by atoms with Gasteiger partial charge in [-0.2, -0.15) is 5.26 Å². The minimum atomic E-state index is -0.827. The Labute approximate surface area is 205 Å². The molecule has 2 aromatic rings. The number of fused-ring (bicyclic) bond motifs is 1. The third-order valence-electron chi connectivity index (χ3n) is 6.61. The Hall–Kier alpha value is -3.12. The average Bonchev–Trinajstić information content (AvgIpc) is 3.20. The summed E-state index contributed by atoms with van der Waals surface area (Å²) in [6.07, 6.45) is 1.00. The third-order valence-corrected chi connectivity index (χ3v) is 6.84. The van der Waals surface area contributed by atoms with E-state index in [-0.39, 0.29) is 17.3 Å². The Morgan fingerprint density at radius 3 is 2.56 bits per heavy atom. The highest BCUT2D eigenvalue weighted by molar-refractivity contribution is 6.40. The minimum Gasteiger partial charge on any atom is -0.374 e. The van der Waals surface area contributed by atoms with Gasteiger partial charge in [0.2, 0.25) is 0 Å². The number of likely N-dealkylation sites (N-methyl/N-ethyl adjacent to an activating group) is 2. The van der Waals surface area contributed by atoms with E-state index in [1.807, 2.05) is 6.07 Å². The van der Waals surface area contributed by atoms with E-state index >= 15 is 0 Å². The predicted molar refractivity (Wildman–Crippen MR) is 133 cm³/mol. The number of carbonyl (C=O) groups is 2. The minimum absolute atomic E-state index is 0.0394. The van der Waals surface area contributed by atoms with Gasteiger partial charge in [-0.05, 0) is 48.9 Å². The number of carbonyl (C=O) groups excluding carboxylic acids is 2. The molecule has 0 aliphatic carbocycles. The van der Waals surface area contributed by atoms with E-state index in [1.165, 1.54) is 23.4 Å². The van der Waals surface area contributed by atoms with Crippen molar-refractivity contribution < 1.29 is 9.59 Å². The zero-order valence-corrected chi connectivity index (χ0v) is 20.2. The summed E-state index contributed by atoms with van der Waals surface area (Å²) in [4.78, 5) is 32.1. The van der Waals surface area contributed by atoms with Crippen LogP contribution in [-0.4, -0.2) is 75.0 Å². The van der Waals surface area contributed by atoms with Gasteiger partial charge in [-0.3, -0.25) is 14.5 Å². The monoisotopic (exact) mass is 480 g/mol. The van der Waals surface area contributed by atoms with Crippen LogP contribution in [0.2, 0.25) is 5.02 Å². The van der Waals surface area contributed by atoms with E-state index in [4.69, 9.17) is 11.6 Å². The zero-order chi connectivity index (χ0) is 24.2.